The Morgan fingerprint density at radius 1 is 0.854 bits per heavy atom. The van der Waals surface area contributed by atoms with Gasteiger partial charge >= 0.3 is 0 Å². The normalized spacial score (nSPS) is 17.2. The molecule has 5 aromatic rings. The van der Waals surface area contributed by atoms with Gasteiger partial charge in [0, 0.05) is 52.0 Å². The van der Waals surface area contributed by atoms with Crippen molar-refractivity contribution in [3.63, 3.8) is 0 Å². The van der Waals surface area contributed by atoms with E-state index in [-0.39, 0.29) is 43.1 Å². The molecule has 0 amide bonds. The van der Waals surface area contributed by atoms with E-state index < -0.39 is 31.5 Å². The molecule has 0 aliphatic carbocycles. The predicted octanol–water partition coefficient (Wildman–Crippen LogP) is 8.95. The molecule has 3 heterocycles. The average Bonchev–Trinajstić information content (AvgIpc) is 3.00. The fourth-order valence-corrected chi connectivity index (χ4v) is 5.36. The predicted molar refractivity (Wildman–Crippen MR) is 166 cm³/mol. The van der Waals surface area contributed by atoms with Crippen LogP contribution in [0.1, 0.15) is 64.8 Å². The van der Waals surface area contributed by atoms with Crippen LogP contribution in [-0.2, 0) is 31.9 Å². The number of anilines is 5. The standard InChI is InChI=1S/C35H35N4O.Pt/c1-34(2,3)24-16-18-30(40)32-23(24)15-17-26(37-32)22-20-25(35(4,5)6)33-29(21-22)39(31-14-10-11-19-36-31)28-13-9-8-12-27(28)38(33)7;/h8-20,40H,1-7H3;/q-1;/i1D3,2D3,3D3;. The van der Waals surface area contributed by atoms with Crippen LogP contribution in [0.5, 0.6) is 5.75 Å². The van der Waals surface area contributed by atoms with Crippen molar-refractivity contribution >= 4 is 39.5 Å². The van der Waals surface area contributed by atoms with Crippen LogP contribution < -0.4 is 9.80 Å². The number of phenolic OH excluding ortho intramolecular Hbond substituents is 1. The molecule has 0 bridgehead atoms. The largest absolute Gasteiger partial charge is 0.506 e. The number of aromatic hydroxyl groups is 1. The minimum Gasteiger partial charge on any atom is -0.506 e. The third-order valence-electron chi connectivity index (χ3n) is 7.27. The summed E-state index contributed by atoms with van der Waals surface area (Å²) in [5.41, 5.74) is 1.06. The van der Waals surface area contributed by atoms with Crippen molar-refractivity contribution in [2.75, 3.05) is 16.8 Å². The summed E-state index contributed by atoms with van der Waals surface area (Å²) in [6.07, 6.45) is 1.72. The summed E-state index contributed by atoms with van der Waals surface area (Å²) in [6, 6.07) is 24.3. The Hall–Kier alpha value is -3.69. The Balaban J connectivity index is 0.00000486. The summed E-state index contributed by atoms with van der Waals surface area (Å²) in [4.78, 5) is 13.5. The number of fused-ring (bicyclic) bond motifs is 3. The van der Waals surface area contributed by atoms with Crippen LogP contribution in [0.4, 0.5) is 28.6 Å². The number of benzene rings is 3. The molecule has 0 saturated carbocycles. The van der Waals surface area contributed by atoms with E-state index >= 15 is 0 Å². The Bertz CT molecular complexity index is 2040. The molecule has 0 unspecified atom stereocenters. The molecule has 5 nitrogen and oxygen atoms in total. The summed E-state index contributed by atoms with van der Waals surface area (Å²) < 4.78 is 74.1. The molecule has 2 aromatic heterocycles. The number of pyridine rings is 2. The Morgan fingerprint density at radius 2 is 1.59 bits per heavy atom. The number of phenols is 1. The smallest absolute Gasteiger partial charge is 0.140 e. The van der Waals surface area contributed by atoms with Crippen LogP contribution >= 0.6 is 0 Å². The summed E-state index contributed by atoms with van der Waals surface area (Å²) in [5.74, 6) is 0.301. The Kier molecular flexibility index (Phi) is 4.88. The molecule has 0 radical (unpaired) electrons. The van der Waals surface area contributed by atoms with Crippen LogP contribution in [0.25, 0.3) is 22.2 Å². The number of rotatable bonds is 2. The van der Waals surface area contributed by atoms with E-state index in [4.69, 9.17) is 17.3 Å². The zero-order valence-electron chi connectivity index (χ0n) is 32.1. The fourth-order valence-electron chi connectivity index (χ4n) is 5.36. The molecule has 6 rings (SSSR count). The second-order valence-corrected chi connectivity index (χ2v) is 11.1. The Labute approximate surface area is 269 Å². The average molecular weight is 732 g/mol. The van der Waals surface area contributed by atoms with Crippen LogP contribution in [0.3, 0.4) is 0 Å². The van der Waals surface area contributed by atoms with Crippen LogP contribution in [0.2, 0.25) is 0 Å². The molecule has 3 aromatic carbocycles. The van der Waals surface area contributed by atoms with Gasteiger partial charge in [-0.1, -0.05) is 83.3 Å². The van der Waals surface area contributed by atoms with Crippen molar-refractivity contribution in [2.24, 2.45) is 0 Å². The minimum atomic E-state index is -3.47. The number of para-hydroxylation sites is 2. The summed E-state index contributed by atoms with van der Waals surface area (Å²) in [7, 11) is 2.00. The van der Waals surface area contributed by atoms with Gasteiger partial charge in [0.15, 0.2) is 0 Å². The molecule has 1 N–H and O–H groups in total. The molecule has 0 fully saturated rings. The zero-order valence-corrected chi connectivity index (χ0v) is 25.3. The molecule has 1 aliphatic heterocycles. The van der Waals surface area contributed by atoms with Crippen LogP contribution in [-0.4, -0.2) is 22.1 Å². The molecule has 6 heteroatoms. The van der Waals surface area contributed by atoms with Crippen molar-refractivity contribution in [1.29, 1.82) is 0 Å². The van der Waals surface area contributed by atoms with E-state index in [1.807, 2.05) is 60.5 Å². The monoisotopic (exact) mass is 731 g/mol. The van der Waals surface area contributed by atoms with Gasteiger partial charge in [-0.3, -0.25) is 4.98 Å². The first-order valence-electron chi connectivity index (χ1n) is 17.5. The van der Waals surface area contributed by atoms with Gasteiger partial charge in [-0.25, -0.2) is 4.98 Å². The van der Waals surface area contributed by atoms with Crippen LogP contribution in [0.15, 0.2) is 79.0 Å². The second kappa shape index (κ2) is 10.3. The summed E-state index contributed by atoms with van der Waals surface area (Å²) in [5, 5.41) is 10.9. The molecule has 0 atom stereocenters. The van der Waals surface area contributed by atoms with E-state index in [0.717, 1.165) is 34.8 Å². The van der Waals surface area contributed by atoms with E-state index in [9.17, 15) is 5.11 Å². The third-order valence-corrected chi connectivity index (χ3v) is 7.27. The van der Waals surface area contributed by atoms with Gasteiger partial charge in [-0.2, -0.15) is 0 Å². The van der Waals surface area contributed by atoms with E-state index in [0.29, 0.717) is 22.8 Å². The van der Waals surface area contributed by atoms with Crippen molar-refractivity contribution in [1.82, 2.24) is 9.97 Å². The molecular formula is C35H35N4OPt-. The molecule has 1 aliphatic rings. The van der Waals surface area contributed by atoms with E-state index in [1.165, 1.54) is 6.07 Å². The van der Waals surface area contributed by atoms with Crippen LogP contribution in [0, 0.1) is 6.07 Å². The fraction of sp³-hybridized carbons (Fsp3) is 0.257. The first-order valence-corrected chi connectivity index (χ1v) is 13.0. The molecule has 0 spiro atoms. The molecular weight excluding hydrogens is 687 g/mol. The van der Waals surface area contributed by atoms with Gasteiger partial charge in [-0.05, 0) is 63.8 Å². The quantitative estimate of drug-likeness (QED) is 0.184. The van der Waals surface area contributed by atoms with Crippen molar-refractivity contribution < 1.29 is 38.5 Å². The SMILES string of the molecule is [2H]C([2H])([2H])C(c1ccc(O)c2nc(-c3[c-]c4c(c(C(C)(C)C)c3)N(C)c3ccccc3N4c3ccccn3)ccc12)(C([2H])([2H])[2H])C([2H])([2H])[2H].[Pt]. The number of hydrogen-bond acceptors (Lipinski definition) is 5. The number of hydrogen-bond donors (Lipinski definition) is 1. The van der Waals surface area contributed by atoms with Crippen molar-refractivity contribution in [2.45, 2.75) is 52.2 Å². The summed E-state index contributed by atoms with van der Waals surface area (Å²) >= 11 is 0. The van der Waals surface area contributed by atoms with Gasteiger partial charge < -0.3 is 14.9 Å². The maximum absolute atomic E-state index is 11.0. The van der Waals surface area contributed by atoms with E-state index in [1.54, 1.807) is 12.3 Å². The van der Waals surface area contributed by atoms with Crippen molar-refractivity contribution in [3.05, 3.63) is 96.2 Å². The maximum Gasteiger partial charge on any atom is 0.140 e. The number of aromatic nitrogens is 2. The minimum absolute atomic E-state index is 0. The maximum atomic E-state index is 11.0. The molecule has 212 valence electrons. The zero-order chi connectivity index (χ0) is 35.9. The van der Waals surface area contributed by atoms with E-state index in [2.05, 4.69) is 36.7 Å². The third kappa shape index (κ3) is 4.91. The van der Waals surface area contributed by atoms with Gasteiger partial charge in [0.2, 0.25) is 0 Å². The van der Waals surface area contributed by atoms with Crippen molar-refractivity contribution in [3.8, 4) is 17.0 Å². The van der Waals surface area contributed by atoms with Gasteiger partial charge in [0.05, 0.1) is 11.4 Å². The first kappa shape index (κ1) is 19.4. The first-order chi connectivity index (χ1) is 22.7. The van der Waals surface area contributed by atoms with Gasteiger partial charge in [0.25, 0.3) is 0 Å². The number of nitrogens with zero attached hydrogens (tertiary/aromatic N) is 4. The molecule has 41 heavy (non-hydrogen) atoms. The topological polar surface area (TPSA) is 52.5 Å². The van der Waals surface area contributed by atoms with Gasteiger partial charge in [-0.15, -0.1) is 17.7 Å². The van der Waals surface area contributed by atoms with Gasteiger partial charge in [0.1, 0.15) is 17.1 Å². The summed E-state index contributed by atoms with van der Waals surface area (Å²) in [6.45, 7) is -4.15. The second-order valence-electron chi connectivity index (χ2n) is 11.1. The Morgan fingerprint density at radius 3 is 2.27 bits per heavy atom. The molecule has 0 saturated heterocycles.